The molecule has 0 unspecified atom stereocenters. The Morgan fingerprint density at radius 3 is 1.11 bits per heavy atom. The number of aromatic nitrogens is 1. The predicted octanol–water partition coefficient (Wildman–Crippen LogP) is 19.1. The first kappa shape index (κ1) is 40.6. The van der Waals surface area contributed by atoms with Crippen LogP contribution in [-0.4, -0.2) is 4.57 Å². The second kappa shape index (κ2) is 16.4. The van der Waals surface area contributed by atoms with E-state index >= 15 is 0 Å². The van der Waals surface area contributed by atoms with Gasteiger partial charge >= 0.3 is 0 Å². The smallest absolute Gasteiger partial charge is 0.0991 e. The molecule has 11 aromatic carbocycles. The Morgan fingerprint density at radius 2 is 0.667 bits per heavy atom. The highest BCUT2D eigenvalue weighted by molar-refractivity contribution is 6.10. The van der Waals surface area contributed by atoms with E-state index in [2.05, 4.69) is 241 Å². The fourth-order valence-electron chi connectivity index (χ4n) is 12.1. The monoisotopic (exact) mass is 915 g/mol. The average Bonchev–Trinajstić information content (AvgIpc) is 3.78. The Balaban J connectivity index is 0.982. The fraction of sp³-hybridized carbons (Fsp3) is 0.0429. The van der Waals surface area contributed by atoms with E-state index in [1.165, 1.54) is 55.3 Å². The van der Waals surface area contributed by atoms with Crippen molar-refractivity contribution in [3.8, 4) is 123 Å². The maximum Gasteiger partial charge on any atom is 0.0991 e. The van der Waals surface area contributed by atoms with Gasteiger partial charge in [-0.2, -0.15) is 5.26 Å². The zero-order valence-electron chi connectivity index (χ0n) is 40.9. The van der Waals surface area contributed by atoms with E-state index in [9.17, 15) is 6.63 Å². The lowest BCUT2D eigenvalue weighted by molar-refractivity contribution is 0.871. The molecule has 0 atom stereocenters. The second-order valence-electron chi connectivity index (χ2n) is 19.4. The molecule has 2 heteroatoms. The average molecular weight is 916 g/mol. The normalized spacial score (nSPS) is 12.2. The third kappa shape index (κ3) is 6.34. The molecule has 12 aromatic rings. The summed E-state index contributed by atoms with van der Waals surface area (Å²) in [5, 5.41) is 12.8. The van der Waals surface area contributed by atoms with Crippen molar-refractivity contribution in [2.45, 2.75) is 19.7 Å². The van der Waals surface area contributed by atoms with Crippen LogP contribution < -0.4 is 0 Å². The van der Waals surface area contributed by atoms with Crippen molar-refractivity contribution >= 4 is 21.8 Å². The Bertz CT molecular complexity index is 4270. The van der Waals surface area contributed by atoms with Crippen molar-refractivity contribution in [1.29, 1.82) is 5.26 Å². The first-order chi connectivity index (χ1) is 35.8. The summed E-state index contributed by atoms with van der Waals surface area (Å²) in [6.45, 7) is 4.03. The highest BCUT2D eigenvalue weighted by atomic mass is 15.0. The minimum absolute atomic E-state index is 0.615. The van der Waals surface area contributed by atoms with Gasteiger partial charge in [0.15, 0.2) is 0 Å². The van der Waals surface area contributed by atoms with Gasteiger partial charge in [0.1, 0.15) is 0 Å². The van der Waals surface area contributed by atoms with Crippen LogP contribution in [0.2, 0.25) is 0 Å². The van der Waals surface area contributed by atoms with E-state index in [0.717, 1.165) is 89.0 Å². The van der Waals surface area contributed by atoms with Crippen LogP contribution in [0.5, 0.6) is 0 Å². The van der Waals surface area contributed by atoms with Gasteiger partial charge in [0.05, 0.1) is 22.7 Å². The zero-order chi connectivity index (χ0) is 49.0. The number of hydrogen-bond acceptors (Lipinski definition) is 1. The van der Waals surface area contributed by atoms with Crippen molar-refractivity contribution in [3.05, 3.63) is 248 Å². The zero-order valence-corrected chi connectivity index (χ0v) is 39.9. The minimum atomic E-state index is -0.974. The lowest BCUT2D eigenvalue weighted by atomic mass is 9.78. The number of para-hydroxylation sites is 2. The largest absolute Gasteiger partial charge is 0.309 e. The summed E-state index contributed by atoms with van der Waals surface area (Å²) in [6, 6.07) is 88.1. The number of rotatable bonds is 4. The van der Waals surface area contributed by atoms with Gasteiger partial charge in [0.2, 0.25) is 0 Å². The molecule has 2 nitrogen and oxygen atoms in total. The Kier molecular flexibility index (Phi) is 9.25. The van der Waals surface area contributed by atoms with E-state index in [1.807, 2.05) is 19.9 Å². The van der Waals surface area contributed by atoms with Crippen LogP contribution in [-0.2, 0) is 0 Å². The number of nitriles is 1. The van der Waals surface area contributed by atoms with Gasteiger partial charge in [0, 0.05) is 17.8 Å². The van der Waals surface area contributed by atoms with Crippen molar-refractivity contribution in [3.63, 3.8) is 0 Å². The highest BCUT2D eigenvalue weighted by Gasteiger charge is 2.27. The first-order valence-electron chi connectivity index (χ1n) is 25.3. The third-order valence-electron chi connectivity index (χ3n) is 15.2. The summed E-state index contributed by atoms with van der Waals surface area (Å²) in [5.41, 5.74) is 27.5. The van der Waals surface area contributed by atoms with Crippen LogP contribution >= 0.6 is 0 Å². The number of benzene rings is 11. The Labute approximate surface area is 421 Å². The number of hydrogen-bond donors (Lipinski definition) is 0. The number of nitrogens with zero attached hydrogens (tertiary/aromatic N) is 2. The Morgan fingerprint density at radius 1 is 0.333 bits per heavy atom. The topological polar surface area (TPSA) is 28.7 Å². The molecule has 2 aliphatic rings. The molecule has 1 heterocycles. The molecule has 0 saturated heterocycles. The van der Waals surface area contributed by atoms with E-state index in [-0.39, 0.29) is 0 Å². The van der Waals surface area contributed by atoms with Crippen LogP contribution in [0.3, 0.4) is 0 Å². The van der Waals surface area contributed by atoms with Crippen molar-refractivity contribution in [2.24, 2.45) is 0 Å². The molecular formula is C70H46N2. The molecule has 0 N–H and O–H groups in total. The quantitative estimate of drug-likeness (QED) is 0.173. The van der Waals surface area contributed by atoms with Crippen molar-refractivity contribution in [2.75, 3.05) is 0 Å². The maximum atomic E-state index is 10.4. The summed E-state index contributed by atoms with van der Waals surface area (Å²) in [5.74, 6) is -0.974. The van der Waals surface area contributed by atoms with Crippen molar-refractivity contribution in [1.82, 2.24) is 4.57 Å². The summed E-state index contributed by atoms with van der Waals surface area (Å²) in [7, 11) is 0. The van der Waals surface area contributed by atoms with Crippen LogP contribution in [0.1, 0.15) is 32.2 Å². The molecule has 72 heavy (non-hydrogen) atoms. The fourth-order valence-corrected chi connectivity index (χ4v) is 12.1. The molecule has 14 rings (SSSR count). The molecule has 0 saturated carbocycles. The van der Waals surface area contributed by atoms with Crippen LogP contribution in [0.15, 0.2) is 237 Å². The molecule has 336 valence electrons. The standard InChI is InChI=1S/C70H46N2/c1-43(2)70-48(45-31-35-58-54-20-6-5-18-52(54)50-16-3-4-17-51(50)53-19-7-8-21-55(53)65(58)39-45)26-15-27-49(70)46-32-36-59-60-37-33-47(72-68-28-13-11-24-62(68)63-25-12-14-29-69(63)72)41-67(60)57-23-10-9-22-56(57)64-38-44(42-71)30-34-61(64)66(59)40-46/h3-41,43H,1-2H3/i43D. The minimum Gasteiger partial charge on any atom is -0.309 e. The van der Waals surface area contributed by atoms with Gasteiger partial charge < -0.3 is 4.57 Å². The van der Waals surface area contributed by atoms with Gasteiger partial charge in [-0.25, -0.2) is 0 Å². The van der Waals surface area contributed by atoms with Crippen LogP contribution in [0.25, 0.3) is 139 Å². The summed E-state index contributed by atoms with van der Waals surface area (Å²) < 4.78 is 12.3. The summed E-state index contributed by atoms with van der Waals surface area (Å²) in [6.07, 6.45) is 0. The lowest BCUT2D eigenvalue weighted by Gasteiger charge is -2.26. The molecular weight excluding hydrogens is 869 g/mol. The van der Waals surface area contributed by atoms with Crippen molar-refractivity contribution < 1.29 is 1.37 Å². The van der Waals surface area contributed by atoms with E-state index in [1.54, 1.807) is 0 Å². The molecule has 0 radical (unpaired) electrons. The third-order valence-corrected chi connectivity index (χ3v) is 15.2. The molecule has 1 aromatic heterocycles. The molecule has 0 fully saturated rings. The molecule has 0 amide bonds. The predicted molar refractivity (Wildman–Crippen MR) is 301 cm³/mol. The SMILES string of the molecule is [2H]C(C)(C)c1c(-c2ccc3c(c2)-c2ccccc2-c2ccccc2-c2ccccc2-3)cccc1-c1ccc2c(c1)-c1ccc(C#N)cc1-c1ccccc1-c1cc(-n3c4ccccc4c4ccccc43)ccc1-2. The summed E-state index contributed by atoms with van der Waals surface area (Å²) in [4.78, 5) is 0. The maximum absolute atomic E-state index is 10.4. The van der Waals surface area contributed by atoms with Gasteiger partial charge in [-0.05, 0) is 171 Å². The second-order valence-corrected chi connectivity index (χ2v) is 19.4. The van der Waals surface area contributed by atoms with Crippen LogP contribution in [0.4, 0.5) is 0 Å². The van der Waals surface area contributed by atoms with E-state index < -0.39 is 5.89 Å². The van der Waals surface area contributed by atoms with E-state index in [4.69, 9.17) is 0 Å². The Hall–Kier alpha value is -9.29. The highest BCUT2D eigenvalue weighted by Crippen LogP contribution is 2.52. The molecule has 2 aliphatic carbocycles. The lowest BCUT2D eigenvalue weighted by Crippen LogP contribution is -2.01. The molecule has 0 bridgehead atoms. The first-order valence-corrected chi connectivity index (χ1v) is 24.8. The number of fused-ring (bicyclic) bond motifs is 19. The van der Waals surface area contributed by atoms with Gasteiger partial charge in [-0.1, -0.05) is 202 Å². The molecule has 0 spiro atoms. The van der Waals surface area contributed by atoms with Gasteiger partial charge in [-0.3, -0.25) is 0 Å². The summed E-state index contributed by atoms with van der Waals surface area (Å²) >= 11 is 0. The molecule has 0 aliphatic heterocycles. The van der Waals surface area contributed by atoms with Gasteiger partial charge in [0.25, 0.3) is 0 Å². The van der Waals surface area contributed by atoms with Crippen LogP contribution in [0, 0.1) is 11.3 Å². The van der Waals surface area contributed by atoms with E-state index in [0.29, 0.717) is 5.56 Å². The van der Waals surface area contributed by atoms with Gasteiger partial charge in [-0.15, -0.1) is 0 Å².